The van der Waals surface area contributed by atoms with Gasteiger partial charge in [0.2, 0.25) is 0 Å². The lowest BCUT2D eigenvalue weighted by Crippen LogP contribution is -2.54. The molecule has 0 radical (unpaired) electrons. The van der Waals surface area contributed by atoms with E-state index in [1.54, 1.807) is 0 Å². The fraction of sp³-hybridized carbons (Fsp3) is 0.941. The lowest BCUT2D eigenvalue weighted by molar-refractivity contribution is -0.0703. The first-order chi connectivity index (χ1) is 10.1. The first-order valence-electron chi connectivity index (χ1n) is 8.81. The van der Waals surface area contributed by atoms with Crippen molar-refractivity contribution in [3.63, 3.8) is 0 Å². The fourth-order valence-corrected chi connectivity index (χ4v) is 5.72. The van der Waals surface area contributed by atoms with Crippen LogP contribution >= 0.6 is 0 Å². The maximum absolute atomic E-state index is 8.52. The molecule has 4 fully saturated rings. The number of nitrogens with one attached hydrogen (secondary N) is 1. The Bertz CT molecular complexity index is 358. The number of unbranched alkanes of at least 4 members (excludes halogenated alkanes) is 1. The molecule has 4 bridgehead atoms. The van der Waals surface area contributed by atoms with Gasteiger partial charge >= 0.3 is 0 Å². The third-order valence-corrected chi connectivity index (χ3v) is 6.44. The lowest BCUT2D eigenvalue weighted by Gasteiger charge is -2.59. The number of oxime groups is 1. The summed E-state index contributed by atoms with van der Waals surface area (Å²) in [4.78, 5) is 0. The Kier molecular flexibility index (Phi) is 4.43. The number of nitrogens with two attached hydrogens (primary N) is 1. The van der Waals surface area contributed by atoms with E-state index in [-0.39, 0.29) is 0 Å². The zero-order chi connectivity index (χ0) is 14.9. The van der Waals surface area contributed by atoms with Gasteiger partial charge in [0, 0.05) is 12.5 Å². The number of nitrogens with zero attached hydrogens (tertiary/aromatic N) is 1. The Balaban J connectivity index is 1.44. The summed E-state index contributed by atoms with van der Waals surface area (Å²) >= 11 is 0. The quantitative estimate of drug-likeness (QED) is 0.222. The second-order valence-corrected chi connectivity index (χ2v) is 8.00. The molecule has 1 atom stereocenters. The molecular weight excluding hydrogens is 262 g/mol. The maximum atomic E-state index is 8.52. The molecule has 4 heteroatoms. The van der Waals surface area contributed by atoms with Crippen LogP contribution in [0.25, 0.3) is 0 Å². The van der Waals surface area contributed by atoms with E-state index < -0.39 is 0 Å². The second kappa shape index (κ2) is 6.15. The average Bonchev–Trinajstić information content (AvgIpc) is 2.45. The Morgan fingerprint density at radius 1 is 1.19 bits per heavy atom. The van der Waals surface area contributed by atoms with Crippen molar-refractivity contribution in [3.05, 3.63) is 0 Å². The van der Waals surface area contributed by atoms with Crippen molar-refractivity contribution in [2.45, 2.75) is 70.8 Å². The summed E-state index contributed by atoms with van der Waals surface area (Å²) in [6.07, 6.45) is 11.8. The van der Waals surface area contributed by atoms with Crippen molar-refractivity contribution in [1.29, 1.82) is 0 Å². The number of hydrogen-bond donors (Lipinski definition) is 3. The molecule has 4 N–H and O–H groups in total. The molecule has 0 aromatic carbocycles. The molecule has 0 aliphatic heterocycles. The largest absolute Gasteiger partial charge is 0.409 e. The van der Waals surface area contributed by atoms with Crippen molar-refractivity contribution in [1.82, 2.24) is 5.32 Å². The third-order valence-electron chi connectivity index (χ3n) is 6.44. The van der Waals surface area contributed by atoms with Gasteiger partial charge in [-0.1, -0.05) is 5.16 Å². The van der Waals surface area contributed by atoms with E-state index in [0.717, 1.165) is 37.1 Å². The molecule has 4 rings (SSSR count). The Hall–Kier alpha value is -0.770. The SMILES string of the molecule is CC(NCCCCC(N)=NO)C12CC3CC(CC(C3)C1)C2. The van der Waals surface area contributed by atoms with E-state index in [4.69, 9.17) is 10.9 Å². The van der Waals surface area contributed by atoms with Gasteiger partial charge in [-0.15, -0.1) is 0 Å². The van der Waals surface area contributed by atoms with Crippen LogP contribution in [0.15, 0.2) is 5.16 Å². The fourth-order valence-electron chi connectivity index (χ4n) is 5.72. The van der Waals surface area contributed by atoms with Gasteiger partial charge < -0.3 is 16.3 Å². The van der Waals surface area contributed by atoms with Gasteiger partial charge in [-0.3, -0.25) is 0 Å². The van der Waals surface area contributed by atoms with Crippen LogP contribution in [0.1, 0.15) is 64.7 Å². The van der Waals surface area contributed by atoms with E-state index in [2.05, 4.69) is 17.4 Å². The van der Waals surface area contributed by atoms with Crippen molar-refractivity contribution in [2.24, 2.45) is 34.1 Å². The van der Waals surface area contributed by atoms with Crippen LogP contribution in [-0.2, 0) is 0 Å². The molecule has 120 valence electrons. The van der Waals surface area contributed by atoms with Gasteiger partial charge in [-0.25, -0.2) is 0 Å². The molecule has 21 heavy (non-hydrogen) atoms. The van der Waals surface area contributed by atoms with Crippen LogP contribution in [0.2, 0.25) is 0 Å². The van der Waals surface area contributed by atoms with Crippen LogP contribution in [0.5, 0.6) is 0 Å². The van der Waals surface area contributed by atoms with E-state index in [1.165, 1.54) is 38.5 Å². The molecule has 0 aromatic rings. The van der Waals surface area contributed by atoms with Crippen LogP contribution in [-0.4, -0.2) is 23.6 Å². The summed E-state index contributed by atoms with van der Waals surface area (Å²) in [5.41, 5.74) is 6.09. The minimum Gasteiger partial charge on any atom is -0.409 e. The van der Waals surface area contributed by atoms with E-state index in [9.17, 15) is 0 Å². The number of rotatable bonds is 7. The van der Waals surface area contributed by atoms with Crippen molar-refractivity contribution in [3.8, 4) is 0 Å². The molecule has 4 saturated carbocycles. The zero-order valence-corrected chi connectivity index (χ0v) is 13.4. The van der Waals surface area contributed by atoms with Crippen LogP contribution in [0.4, 0.5) is 0 Å². The molecule has 1 unspecified atom stereocenters. The highest BCUT2D eigenvalue weighted by Gasteiger charge is 2.52. The summed E-state index contributed by atoms with van der Waals surface area (Å²) in [5, 5.41) is 15.3. The highest BCUT2D eigenvalue weighted by atomic mass is 16.4. The Labute approximate surface area is 128 Å². The smallest absolute Gasteiger partial charge is 0.139 e. The first-order valence-corrected chi connectivity index (χ1v) is 8.81. The Morgan fingerprint density at radius 3 is 2.29 bits per heavy atom. The van der Waals surface area contributed by atoms with Crippen molar-refractivity contribution in [2.75, 3.05) is 6.54 Å². The molecule has 0 aromatic heterocycles. The summed E-state index contributed by atoms with van der Waals surface area (Å²) in [6.45, 7) is 3.47. The molecule has 4 nitrogen and oxygen atoms in total. The monoisotopic (exact) mass is 293 g/mol. The molecular formula is C17H31N3O. The van der Waals surface area contributed by atoms with Crippen LogP contribution < -0.4 is 11.1 Å². The molecule has 0 heterocycles. The summed E-state index contributed by atoms with van der Waals surface area (Å²) in [7, 11) is 0. The molecule has 4 aliphatic carbocycles. The van der Waals surface area contributed by atoms with Gasteiger partial charge in [0.05, 0.1) is 0 Å². The topological polar surface area (TPSA) is 70.6 Å². The molecule has 0 amide bonds. The minimum atomic E-state index is 0.351. The van der Waals surface area contributed by atoms with E-state index >= 15 is 0 Å². The second-order valence-electron chi connectivity index (χ2n) is 8.00. The maximum Gasteiger partial charge on any atom is 0.139 e. The molecule has 4 aliphatic rings. The van der Waals surface area contributed by atoms with Crippen molar-refractivity contribution < 1.29 is 5.21 Å². The highest BCUT2D eigenvalue weighted by Crippen LogP contribution is 2.61. The van der Waals surface area contributed by atoms with Crippen LogP contribution in [0.3, 0.4) is 0 Å². The highest BCUT2D eigenvalue weighted by molar-refractivity contribution is 5.79. The van der Waals surface area contributed by atoms with E-state index in [0.29, 0.717) is 23.7 Å². The standard InChI is InChI=1S/C17H31N3O/c1-12(19-5-3-2-4-16(18)20-21)17-9-13-6-14(10-17)8-15(7-13)11-17/h12-15,19,21H,2-11H2,1H3,(H2,18,20). The third kappa shape index (κ3) is 3.20. The van der Waals surface area contributed by atoms with Gasteiger partial charge in [-0.2, -0.15) is 0 Å². The summed E-state index contributed by atoms with van der Waals surface area (Å²) in [6, 6.07) is 0.648. The molecule has 0 spiro atoms. The Morgan fingerprint density at radius 2 is 1.76 bits per heavy atom. The lowest BCUT2D eigenvalue weighted by atomic mass is 9.48. The summed E-state index contributed by atoms with van der Waals surface area (Å²) < 4.78 is 0. The molecule has 0 saturated heterocycles. The zero-order valence-electron chi connectivity index (χ0n) is 13.4. The normalized spacial score (nSPS) is 39.7. The number of amidine groups is 1. The predicted octanol–water partition coefficient (Wildman–Crippen LogP) is 3.10. The summed E-state index contributed by atoms with van der Waals surface area (Å²) in [5.74, 6) is 3.44. The number of hydrogen-bond acceptors (Lipinski definition) is 3. The van der Waals surface area contributed by atoms with E-state index in [1.807, 2.05) is 0 Å². The van der Waals surface area contributed by atoms with Crippen LogP contribution in [0, 0.1) is 23.2 Å². The predicted molar refractivity (Wildman–Crippen MR) is 85.3 cm³/mol. The van der Waals surface area contributed by atoms with Gasteiger partial charge in [-0.05, 0) is 88.0 Å². The average molecular weight is 293 g/mol. The van der Waals surface area contributed by atoms with Crippen molar-refractivity contribution >= 4 is 5.84 Å². The van der Waals surface area contributed by atoms with Gasteiger partial charge in [0.1, 0.15) is 5.84 Å². The first kappa shape index (κ1) is 15.1. The minimum absolute atomic E-state index is 0.351. The van der Waals surface area contributed by atoms with Gasteiger partial charge in [0.15, 0.2) is 0 Å². The van der Waals surface area contributed by atoms with Gasteiger partial charge in [0.25, 0.3) is 0 Å².